The van der Waals surface area contributed by atoms with Gasteiger partial charge in [0.2, 0.25) is 0 Å². The van der Waals surface area contributed by atoms with Gasteiger partial charge in [0, 0.05) is 20.8 Å². The average Bonchev–Trinajstić information content (AvgIpc) is 2.26. The highest BCUT2D eigenvalue weighted by atomic mass is 16.5. The summed E-state index contributed by atoms with van der Waals surface area (Å²) in [6, 6.07) is -1.57. The van der Waals surface area contributed by atoms with Gasteiger partial charge in [0.15, 0.2) is 6.04 Å². The number of carbonyl (C=O) groups is 2. The van der Waals surface area contributed by atoms with Crippen molar-refractivity contribution in [1.82, 2.24) is 10.6 Å². The molecule has 0 aliphatic rings. The highest BCUT2D eigenvalue weighted by molar-refractivity contribution is 5.82. The first-order valence-corrected chi connectivity index (χ1v) is 5.26. The predicted molar refractivity (Wildman–Crippen MR) is 60.9 cm³/mol. The number of rotatable bonds is 8. The molecule has 3 N–H and O–H groups in total. The number of carboxylic acids is 1. The van der Waals surface area contributed by atoms with Crippen molar-refractivity contribution >= 4 is 12.0 Å². The Morgan fingerprint density at radius 2 is 1.82 bits per heavy atom. The van der Waals surface area contributed by atoms with Crippen molar-refractivity contribution in [2.24, 2.45) is 5.92 Å². The van der Waals surface area contributed by atoms with Gasteiger partial charge in [-0.3, -0.25) is 0 Å². The highest BCUT2D eigenvalue weighted by Crippen LogP contribution is 1.92. The van der Waals surface area contributed by atoms with Gasteiger partial charge in [-0.25, -0.2) is 9.59 Å². The molecule has 0 aliphatic carbocycles. The predicted octanol–water partition coefficient (Wildman–Crippen LogP) is -0.332. The summed E-state index contributed by atoms with van der Waals surface area (Å²) in [4.78, 5) is 22.1. The Kier molecular flexibility index (Phi) is 8.08. The first-order valence-electron chi connectivity index (χ1n) is 5.26. The minimum absolute atomic E-state index is 0.0730. The van der Waals surface area contributed by atoms with Crippen molar-refractivity contribution in [3.8, 4) is 0 Å². The van der Waals surface area contributed by atoms with Gasteiger partial charge in [-0.2, -0.15) is 0 Å². The van der Waals surface area contributed by atoms with E-state index in [-0.39, 0.29) is 12.5 Å². The van der Waals surface area contributed by atoms with Crippen molar-refractivity contribution in [3.63, 3.8) is 0 Å². The number of carbonyl (C=O) groups excluding carboxylic acids is 1. The van der Waals surface area contributed by atoms with Crippen molar-refractivity contribution < 1.29 is 24.2 Å². The van der Waals surface area contributed by atoms with E-state index in [0.717, 1.165) is 0 Å². The van der Waals surface area contributed by atoms with Crippen LogP contribution in [0.3, 0.4) is 0 Å². The number of nitrogens with one attached hydrogen (secondary N) is 2. The third kappa shape index (κ3) is 7.53. The normalized spacial score (nSPS) is 13.8. The Morgan fingerprint density at radius 3 is 2.29 bits per heavy atom. The van der Waals surface area contributed by atoms with Crippen LogP contribution in [-0.4, -0.2) is 57.1 Å². The molecule has 0 bridgehead atoms. The minimum Gasteiger partial charge on any atom is -0.480 e. The van der Waals surface area contributed by atoms with Crippen LogP contribution in [0, 0.1) is 5.92 Å². The van der Waals surface area contributed by atoms with Crippen molar-refractivity contribution in [1.29, 1.82) is 0 Å². The summed E-state index contributed by atoms with van der Waals surface area (Å²) < 4.78 is 9.59. The van der Waals surface area contributed by atoms with Crippen LogP contribution in [0.5, 0.6) is 0 Å². The molecule has 7 nitrogen and oxygen atoms in total. The standard InChI is InChI=1S/C10H20N2O5/c1-7(5-16-2)4-11-10(15)12-8(6-17-3)9(13)14/h7-8H,4-6H2,1-3H3,(H,13,14)(H2,11,12,15). The Bertz CT molecular complexity index is 247. The Morgan fingerprint density at radius 1 is 1.24 bits per heavy atom. The number of methoxy groups -OCH3 is 2. The summed E-state index contributed by atoms with van der Waals surface area (Å²) >= 11 is 0. The number of hydrogen-bond donors (Lipinski definition) is 3. The minimum atomic E-state index is -1.13. The lowest BCUT2D eigenvalue weighted by atomic mass is 10.2. The molecule has 0 aromatic carbocycles. The molecule has 0 rings (SSSR count). The largest absolute Gasteiger partial charge is 0.480 e. The number of ether oxygens (including phenoxy) is 2. The molecule has 0 heterocycles. The monoisotopic (exact) mass is 248 g/mol. The number of hydrogen-bond acceptors (Lipinski definition) is 4. The van der Waals surface area contributed by atoms with Crippen molar-refractivity contribution in [2.45, 2.75) is 13.0 Å². The third-order valence-corrected chi connectivity index (χ3v) is 2.00. The van der Waals surface area contributed by atoms with E-state index >= 15 is 0 Å². The quantitative estimate of drug-likeness (QED) is 0.546. The fourth-order valence-electron chi connectivity index (χ4n) is 1.16. The van der Waals surface area contributed by atoms with E-state index in [1.807, 2.05) is 6.92 Å². The maximum absolute atomic E-state index is 11.4. The van der Waals surface area contributed by atoms with Gasteiger partial charge in [-0.1, -0.05) is 6.92 Å². The summed E-state index contributed by atoms with van der Waals surface area (Å²) in [7, 11) is 2.95. The van der Waals surface area contributed by atoms with Crippen molar-refractivity contribution in [3.05, 3.63) is 0 Å². The molecule has 2 amide bonds. The molecule has 0 saturated carbocycles. The van der Waals surface area contributed by atoms with Crippen LogP contribution in [0.2, 0.25) is 0 Å². The number of aliphatic carboxylic acids is 1. The molecule has 17 heavy (non-hydrogen) atoms. The van der Waals surface area contributed by atoms with Crippen LogP contribution >= 0.6 is 0 Å². The summed E-state index contributed by atoms with van der Waals surface area (Å²) in [6.45, 7) is 2.78. The van der Waals surface area contributed by atoms with Gasteiger partial charge >= 0.3 is 12.0 Å². The van der Waals surface area contributed by atoms with Gasteiger partial charge < -0.3 is 25.2 Å². The van der Waals surface area contributed by atoms with Gasteiger partial charge in [-0.15, -0.1) is 0 Å². The van der Waals surface area contributed by atoms with E-state index in [1.54, 1.807) is 7.11 Å². The molecule has 2 atom stereocenters. The maximum atomic E-state index is 11.4. The van der Waals surface area contributed by atoms with Crippen LogP contribution in [-0.2, 0) is 14.3 Å². The van der Waals surface area contributed by atoms with E-state index in [4.69, 9.17) is 9.84 Å². The zero-order chi connectivity index (χ0) is 13.3. The molecular weight excluding hydrogens is 228 g/mol. The molecule has 7 heteroatoms. The van der Waals surface area contributed by atoms with E-state index in [9.17, 15) is 9.59 Å². The topological polar surface area (TPSA) is 96.9 Å². The molecule has 0 radical (unpaired) electrons. The molecular formula is C10H20N2O5. The first kappa shape index (κ1) is 15.7. The second-order valence-electron chi connectivity index (χ2n) is 3.76. The molecule has 2 unspecified atom stereocenters. The van der Waals surface area contributed by atoms with Gasteiger partial charge in [0.05, 0.1) is 13.2 Å². The second-order valence-corrected chi connectivity index (χ2v) is 3.76. The fraction of sp³-hybridized carbons (Fsp3) is 0.800. The molecule has 100 valence electrons. The van der Waals surface area contributed by atoms with Crippen LogP contribution < -0.4 is 10.6 Å². The molecule has 0 aromatic rings. The van der Waals surface area contributed by atoms with E-state index in [0.29, 0.717) is 13.2 Å². The zero-order valence-corrected chi connectivity index (χ0v) is 10.4. The number of carboxylic acid groups (broad SMARTS) is 1. The molecule has 0 spiro atoms. The van der Waals surface area contributed by atoms with Crippen LogP contribution in [0.15, 0.2) is 0 Å². The first-order chi connectivity index (χ1) is 8.01. The third-order valence-electron chi connectivity index (χ3n) is 2.00. The van der Waals surface area contributed by atoms with Crippen LogP contribution in [0.1, 0.15) is 6.92 Å². The average molecular weight is 248 g/mol. The lowest BCUT2D eigenvalue weighted by Gasteiger charge is -2.16. The SMILES string of the molecule is COCC(C)CNC(=O)NC(COC)C(=O)O. The molecule has 0 saturated heterocycles. The fourth-order valence-corrected chi connectivity index (χ4v) is 1.16. The van der Waals surface area contributed by atoms with Gasteiger partial charge in [0.1, 0.15) is 0 Å². The Hall–Kier alpha value is -1.34. The van der Waals surface area contributed by atoms with Gasteiger partial charge in [-0.05, 0) is 5.92 Å². The van der Waals surface area contributed by atoms with E-state index in [2.05, 4.69) is 15.4 Å². The van der Waals surface area contributed by atoms with Gasteiger partial charge in [0.25, 0.3) is 0 Å². The summed E-state index contributed by atoms with van der Waals surface area (Å²) in [6.07, 6.45) is 0. The summed E-state index contributed by atoms with van der Waals surface area (Å²) in [5, 5.41) is 13.6. The van der Waals surface area contributed by atoms with E-state index < -0.39 is 18.0 Å². The smallest absolute Gasteiger partial charge is 0.328 e. The Balaban J connectivity index is 3.93. The van der Waals surface area contributed by atoms with Crippen molar-refractivity contribution in [2.75, 3.05) is 34.0 Å². The number of urea groups is 1. The molecule has 0 fully saturated rings. The van der Waals surface area contributed by atoms with E-state index in [1.165, 1.54) is 7.11 Å². The second kappa shape index (κ2) is 8.77. The Labute approximate surface area is 100 Å². The number of amides is 2. The van der Waals surface area contributed by atoms with Crippen LogP contribution in [0.4, 0.5) is 4.79 Å². The zero-order valence-electron chi connectivity index (χ0n) is 10.4. The summed E-state index contributed by atoms with van der Waals surface area (Å²) in [5.74, 6) is -0.969. The molecule has 0 aromatic heterocycles. The molecule has 0 aliphatic heterocycles. The lowest BCUT2D eigenvalue weighted by Crippen LogP contribution is -2.49. The van der Waals surface area contributed by atoms with Crippen LogP contribution in [0.25, 0.3) is 0 Å². The lowest BCUT2D eigenvalue weighted by molar-refractivity contribution is -0.140. The highest BCUT2D eigenvalue weighted by Gasteiger charge is 2.19. The summed E-state index contributed by atoms with van der Waals surface area (Å²) in [5.41, 5.74) is 0. The maximum Gasteiger partial charge on any atom is 0.328 e.